The molecule has 2 fully saturated rings. The van der Waals surface area contributed by atoms with Crippen LogP contribution in [0.15, 0.2) is 42.5 Å². The number of anilines is 1. The number of hydrogen-bond acceptors (Lipinski definition) is 5. The Balaban J connectivity index is 1.47. The number of para-hydroxylation sites is 1. The molecule has 3 heterocycles. The van der Waals surface area contributed by atoms with Crippen LogP contribution in [0.1, 0.15) is 18.4 Å². The van der Waals surface area contributed by atoms with E-state index in [0.29, 0.717) is 6.54 Å². The first kappa shape index (κ1) is 21.4. The normalized spacial score (nSPS) is 21.0. The second-order valence-corrected chi connectivity index (χ2v) is 9.38. The van der Waals surface area contributed by atoms with Crippen molar-refractivity contribution in [2.75, 3.05) is 71.5 Å². The molecule has 2 aromatic carbocycles. The van der Waals surface area contributed by atoms with Gasteiger partial charge in [-0.2, -0.15) is 0 Å². The summed E-state index contributed by atoms with van der Waals surface area (Å²) < 4.78 is 11.3. The highest BCUT2D eigenvalue weighted by Gasteiger charge is 2.45. The van der Waals surface area contributed by atoms with E-state index >= 15 is 0 Å². The minimum absolute atomic E-state index is 0.0244. The second kappa shape index (κ2) is 8.85. The van der Waals surface area contributed by atoms with Crippen LogP contribution in [0, 0.1) is 0 Å². The highest BCUT2D eigenvalue weighted by Crippen LogP contribution is 2.48. The first-order valence-corrected chi connectivity index (χ1v) is 11.7. The van der Waals surface area contributed by atoms with Gasteiger partial charge >= 0.3 is 0 Å². The van der Waals surface area contributed by atoms with Crippen LogP contribution in [0.5, 0.6) is 5.75 Å². The number of nitrogens with zero attached hydrogens (tertiary/aromatic N) is 3. The molecule has 0 aromatic heterocycles. The smallest absolute Gasteiger partial charge is 0.241 e. The second-order valence-electron chi connectivity index (χ2n) is 9.38. The molecule has 0 radical (unpaired) electrons. The molecule has 3 aliphatic rings. The SMILES string of the molecule is COc1ccccc1-c1ccc2c(c1)C1(CCOCC1)CN2C(=O)CN1CCN(C)CC1. The molecule has 2 saturated heterocycles. The lowest BCUT2D eigenvalue weighted by Gasteiger charge is -2.35. The van der Waals surface area contributed by atoms with Crippen molar-refractivity contribution in [3.8, 4) is 16.9 Å². The molecular weight excluding hydrogens is 402 g/mol. The summed E-state index contributed by atoms with van der Waals surface area (Å²) in [6.45, 7) is 6.70. The third kappa shape index (κ3) is 3.91. The molecule has 0 N–H and O–H groups in total. The molecule has 1 amide bonds. The Bertz CT molecular complexity index is 978. The van der Waals surface area contributed by atoms with Crippen LogP contribution in [0.25, 0.3) is 11.1 Å². The highest BCUT2D eigenvalue weighted by molar-refractivity contribution is 5.98. The summed E-state index contributed by atoms with van der Waals surface area (Å²) in [5.74, 6) is 1.08. The molecule has 0 aliphatic carbocycles. The third-order valence-corrected chi connectivity index (χ3v) is 7.44. The van der Waals surface area contributed by atoms with Crippen LogP contribution in [0.4, 0.5) is 5.69 Å². The largest absolute Gasteiger partial charge is 0.496 e. The van der Waals surface area contributed by atoms with Gasteiger partial charge in [-0.1, -0.05) is 24.3 Å². The lowest BCUT2D eigenvalue weighted by molar-refractivity contribution is -0.120. The number of likely N-dealkylation sites (N-methyl/N-ethyl adjacent to an activating group) is 1. The number of amides is 1. The molecule has 32 heavy (non-hydrogen) atoms. The fraction of sp³-hybridized carbons (Fsp3) is 0.500. The maximum Gasteiger partial charge on any atom is 0.241 e. The van der Waals surface area contributed by atoms with Crippen molar-refractivity contribution in [3.63, 3.8) is 0 Å². The maximum absolute atomic E-state index is 13.5. The fourth-order valence-corrected chi connectivity index (χ4v) is 5.41. The summed E-state index contributed by atoms with van der Waals surface area (Å²) >= 11 is 0. The van der Waals surface area contributed by atoms with Gasteiger partial charge in [0.1, 0.15) is 5.75 Å². The van der Waals surface area contributed by atoms with Gasteiger partial charge < -0.3 is 19.3 Å². The zero-order valence-corrected chi connectivity index (χ0v) is 19.2. The molecule has 3 aliphatic heterocycles. The van der Waals surface area contributed by atoms with Crippen LogP contribution < -0.4 is 9.64 Å². The Kier molecular flexibility index (Phi) is 5.93. The van der Waals surface area contributed by atoms with Crippen molar-refractivity contribution in [2.24, 2.45) is 0 Å². The van der Waals surface area contributed by atoms with E-state index in [0.717, 1.165) is 81.3 Å². The predicted octanol–water partition coefficient (Wildman–Crippen LogP) is 3.00. The number of hydrogen-bond donors (Lipinski definition) is 0. The van der Waals surface area contributed by atoms with Crippen molar-refractivity contribution in [1.82, 2.24) is 9.80 Å². The molecule has 0 unspecified atom stereocenters. The van der Waals surface area contributed by atoms with Gasteiger partial charge in [0.05, 0.1) is 13.7 Å². The Labute approximate surface area is 190 Å². The van der Waals surface area contributed by atoms with Gasteiger partial charge in [0.2, 0.25) is 5.91 Å². The van der Waals surface area contributed by atoms with Crippen LogP contribution in [0.2, 0.25) is 0 Å². The number of fused-ring (bicyclic) bond motifs is 2. The summed E-state index contributed by atoms with van der Waals surface area (Å²) in [7, 11) is 3.86. The Morgan fingerprint density at radius 2 is 1.81 bits per heavy atom. The number of methoxy groups -OCH3 is 1. The van der Waals surface area contributed by atoms with Crippen LogP contribution in [0.3, 0.4) is 0 Å². The number of rotatable bonds is 4. The van der Waals surface area contributed by atoms with E-state index in [1.807, 2.05) is 23.1 Å². The monoisotopic (exact) mass is 435 g/mol. The first-order chi connectivity index (χ1) is 15.6. The molecule has 6 nitrogen and oxygen atoms in total. The Morgan fingerprint density at radius 1 is 1.06 bits per heavy atom. The van der Waals surface area contributed by atoms with Crippen LogP contribution in [-0.2, 0) is 14.9 Å². The van der Waals surface area contributed by atoms with Crippen molar-refractivity contribution in [1.29, 1.82) is 0 Å². The van der Waals surface area contributed by atoms with Gasteiger partial charge in [0.25, 0.3) is 0 Å². The summed E-state index contributed by atoms with van der Waals surface area (Å²) in [5, 5.41) is 0. The predicted molar refractivity (Wildman–Crippen MR) is 126 cm³/mol. The molecule has 1 spiro atoms. The van der Waals surface area contributed by atoms with Crippen LogP contribution in [-0.4, -0.2) is 82.3 Å². The molecule has 0 atom stereocenters. The number of carbonyl (C=O) groups is 1. The van der Waals surface area contributed by atoms with E-state index in [4.69, 9.17) is 9.47 Å². The fourth-order valence-electron chi connectivity index (χ4n) is 5.41. The number of carbonyl (C=O) groups excluding carboxylic acids is 1. The van der Waals surface area contributed by atoms with Gasteiger partial charge in [-0.15, -0.1) is 0 Å². The van der Waals surface area contributed by atoms with Gasteiger partial charge in [0.15, 0.2) is 0 Å². The van der Waals surface area contributed by atoms with Gasteiger partial charge in [0, 0.05) is 62.6 Å². The molecule has 5 rings (SSSR count). The lowest BCUT2D eigenvalue weighted by atomic mass is 9.75. The van der Waals surface area contributed by atoms with E-state index in [9.17, 15) is 4.79 Å². The van der Waals surface area contributed by atoms with Gasteiger partial charge in [-0.05, 0) is 49.2 Å². The van der Waals surface area contributed by atoms with Crippen LogP contribution >= 0.6 is 0 Å². The first-order valence-electron chi connectivity index (χ1n) is 11.7. The number of ether oxygens (including phenoxy) is 2. The minimum atomic E-state index is -0.0244. The molecule has 6 heteroatoms. The van der Waals surface area contributed by atoms with Crippen molar-refractivity contribution in [3.05, 3.63) is 48.0 Å². The van der Waals surface area contributed by atoms with E-state index in [1.165, 1.54) is 5.56 Å². The quantitative estimate of drug-likeness (QED) is 0.739. The van der Waals surface area contributed by atoms with Crippen molar-refractivity contribution < 1.29 is 14.3 Å². The summed E-state index contributed by atoms with van der Waals surface area (Å²) in [4.78, 5) is 20.1. The molecule has 170 valence electrons. The van der Waals surface area contributed by atoms with Gasteiger partial charge in [-0.3, -0.25) is 9.69 Å². The average molecular weight is 436 g/mol. The highest BCUT2D eigenvalue weighted by atomic mass is 16.5. The zero-order chi connectivity index (χ0) is 22.1. The van der Waals surface area contributed by atoms with E-state index in [2.05, 4.69) is 41.1 Å². The number of benzene rings is 2. The summed E-state index contributed by atoms with van der Waals surface area (Å²) in [6.07, 6.45) is 1.90. The molecule has 0 saturated carbocycles. The Hall–Kier alpha value is -2.41. The average Bonchev–Trinajstić information content (AvgIpc) is 3.14. The van der Waals surface area contributed by atoms with E-state index in [-0.39, 0.29) is 11.3 Å². The Morgan fingerprint density at radius 3 is 2.56 bits per heavy atom. The topological polar surface area (TPSA) is 45.3 Å². The molecular formula is C26H33N3O3. The standard InChI is InChI=1S/C26H33N3O3/c1-27-11-13-28(14-12-27)18-25(30)29-19-26(9-15-32-16-10-26)22-17-20(7-8-23(22)29)21-5-3-4-6-24(21)31-2/h3-8,17H,9-16,18-19H2,1-2H3. The summed E-state index contributed by atoms with van der Waals surface area (Å²) in [6, 6.07) is 14.7. The van der Waals surface area contributed by atoms with E-state index in [1.54, 1.807) is 7.11 Å². The maximum atomic E-state index is 13.5. The minimum Gasteiger partial charge on any atom is -0.496 e. The number of piperazine rings is 1. The molecule has 2 aromatic rings. The third-order valence-electron chi connectivity index (χ3n) is 7.44. The molecule has 0 bridgehead atoms. The summed E-state index contributed by atoms with van der Waals surface area (Å²) in [5.41, 5.74) is 4.56. The van der Waals surface area contributed by atoms with Crippen molar-refractivity contribution >= 4 is 11.6 Å². The lowest BCUT2D eigenvalue weighted by Crippen LogP contribution is -2.49. The van der Waals surface area contributed by atoms with Crippen molar-refractivity contribution in [2.45, 2.75) is 18.3 Å². The van der Waals surface area contributed by atoms with Gasteiger partial charge in [-0.25, -0.2) is 0 Å². The zero-order valence-electron chi connectivity index (χ0n) is 19.2. The van der Waals surface area contributed by atoms with E-state index < -0.39 is 0 Å².